The standard InChI is InChI=1S/C8H8N.Rb/c1-2-4-6-8-9-7-5-3-1;/h1-8H;/q-1;+1. The number of hydrogen-bond donors (Lipinski definition) is 0. The Hall–Kier alpha value is 0.565. The summed E-state index contributed by atoms with van der Waals surface area (Å²) in [6, 6.07) is 11.6. The van der Waals surface area contributed by atoms with Crippen molar-refractivity contribution in [2.45, 2.75) is 0 Å². The van der Waals surface area contributed by atoms with Gasteiger partial charge in [-0.1, -0.05) is 36.4 Å². The fourth-order valence-electron chi connectivity index (χ4n) is 0.505. The normalized spacial score (nSPS) is 7.20. The predicted molar refractivity (Wildman–Crippen MR) is 37.4 cm³/mol. The monoisotopic (exact) mass is 203 g/mol. The Labute approximate surface area is 110 Å². The van der Waals surface area contributed by atoms with Crippen LogP contribution in [0.3, 0.4) is 0 Å². The molecule has 0 saturated heterocycles. The summed E-state index contributed by atoms with van der Waals surface area (Å²) < 4.78 is 0. The Kier molecular flexibility index (Phi) is 8.10. The van der Waals surface area contributed by atoms with Crippen LogP contribution < -0.4 is 63.2 Å². The Morgan fingerprint density at radius 1 is 0.600 bits per heavy atom. The molecule has 46 valence electrons. The summed E-state index contributed by atoms with van der Waals surface area (Å²) in [6.07, 6.45) is 3.50. The SMILES string of the molecule is [Rb+].c1cccc[n-]ccc1. The van der Waals surface area contributed by atoms with Crippen molar-refractivity contribution in [3.63, 3.8) is 0 Å². The van der Waals surface area contributed by atoms with Gasteiger partial charge in [-0.25, -0.2) is 0 Å². The fourth-order valence-corrected chi connectivity index (χ4v) is 0.505. The van der Waals surface area contributed by atoms with Crippen LogP contribution in [0.5, 0.6) is 0 Å². The van der Waals surface area contributed by atoms with E-state index in [9.17, 15) is 0 Å². The zero-order valence-electron chi connectivity index (χ0n) is 6.07. The summed E-state index contributed by atoms with van der Waals surface area (Å²) in [6.45, 7) is 0. The van der Waals surface area contributed by atoms with E-state index in [0.717, 1.165) is 0 Å². The molecule has 1 aromatic heterocycles. The van der Waals surface area contributed by atoms with Crippen LogP contribution in [0.2, 0.25) is 0 Å². The van der Waals surface area contributed by atoms with Gasteiger partial charge < -0.3 is 4.98 Å². The smallest absolute Gasteiger partial charge is 0.670 e. The van der Waals surface area contributed by atoms with Crippen molar-refractivity contribution >= 4 is 0 Å². The maximum Gasteiger partial charge on any atom is 1.00 e. The first-order valence-electron chi connectivity index (χ1n) is 2.85. The van der Waals surface area contributed by atoms with Gasteiger partial charge in [-0.15, -0.1) is 0 Å². The van der Waals surface area contributed by atoms with Crippen molar-refractivity contribution < 1.29 is 58.2 Å². The zero-order chi connectivity index (χ0) is 6.36. The molecule has 0 aliphatic heterocycles. The van der Waals surface area contributed by atoms with Gasteiger partial charge in [0.05, 0.1) is 0 Å². The third-order valence-electron chi connectivity index (χ3n) is 0.900. The van der Waals surface area contributed by atoms with Gasteiger partial charge in [0, 0.05) is 0 Å². The molecule has 0 saturated carbocycles. The van der Waals surface area contributed by atoms with Gasteiger partial charge in [-0.05, 0) is 0 Å². The number of nitrogens with zero attached hydrogens (tertiary/aromatic N) is 1. The van der Waals surface area contributed by atoms with Gasteiger partial charge in [-0.3, -0.25) is 0 Å². The summed E-state index contributed by atoms with van der Waals surface area (Å²) >= 11 is 0. The second kappa shape index (κ2) is 7.67. The summed E-state index contributed by atoms with van der Waals surface area (Å²) in [4.78, 5) is 3.93. The molecule has 0 radical (unpaired) electrons. The largest absolute Gasteiger partial charge is 1.00 e. The van der Waals surface area contributed by atoms with Crippen molar-refractivity contribution in [1.29, 1.82) is 0 Å². The van der Waals surface area contributed by atoms with Gasteiger partial charge >= 0.3 is 58.2 Å². The van der Waals surface area contributed by atoms with E-state index >= 15 is 0 Å². The average Bonchev–Trinajstić information content (AvgIpc) is 2.00. The van der Waals surface area contributed by atoms with Gasteiger partial charge in [-0.2, -0.15) is 12.4 Å². The van der Waals surface area contributed by atoms with Crippen LogP contribution in [0.1, 0.15) is 0 Å². The molecule has 0 amide bonds. The van der Waals surface area contributed by atoms with Crippen LogP contribution in [0.15, 0.2) is 48.8 Å². The third kappa shape index (κ3) is 5.36. The molecule has 0 aliphatic rings. The number of rotatable bonds is 0. The molecule has 0 aromatic carbocycles. The van der Waals surface area contributed by atoms with Gasteiger partial charge in [0.1, 0.15) is 0 Å². The predicted octanol–water partition coefficient (Wildman–Crippen LogP) is -1.23. The molecule has 1 heterocycles. The van der Waals surface area contributed by atoms with Crippen molar-refractivity contribution in [2.75, 3.05) is 0 Å². The van der Waals surface area contributed by atoms with Crippen molar-refractivity contribution in [2.24, 2.45) is 0 Å². The molecule has 1 aromatic rings. The minimum atomic E-state index is 0. The molecule has 0 bridgehead atoms. The summed E-state index contributed by atoms with van der Waals surface area (Å²) in [5, 5.41) is 0. The van der Waals surface area contributed by atoms with Crippen LogP contribution in [-0.2, 0) is 0 Å². The Morgan fingerprint density at radius 3 is 1.50 bits per heavy atom. The third-order valence-corrected chi connectivity index (χ3v) is 0.900. The quantitative estimate of drug-likeness (QED) is 0.515. The van der Waals surface area contributed by atoms with Crippen LogP contribution in [0.25, 0.3) is 0 Å². The molecule has 0 spiro atoms. The van der Waals surface area contributed by atoms with Gasteiger partial charge in [0.15, 0.2) is 0 Å². The molecule has 0 fully saturated rings. The molecule has 0 N–H and O–H groups in total. The molecule has 0 aliphatic carbocycles. The van der Waals surface area contributed by atoms with Crippen LogP contribution in [0, 0.1) is 0 Å². The summed E-state index contributed by atoms with van der Waals surface area (Å²) in [7, 11) is 0. The van der Waals surface area contributed by atoms with Crippen LogP contribution in [0.4, 0.5) is 0 Å². The van der Waals surface area contributed by atoms with E-state index in [-0.39, 0.29) is 58.2 Å². The Bertz CT molecular complexity index is 131. The van der Waals surface area contributed by atoms with E-state index in [1.807, 2.05) is 36.4 Å². The first kappa shape index (κ1) is 10.6. The Morgan fingerprint density at radius 2 is 1.00 bits per heavy atom. The van der Waals surface area contributed by atoms with Crippen molar-refractivity contribution in [3.8, 4) is 0 Å². The fraction of sp³-hybridized carbons (Fsp3) is 0. The average molecular weight is 204 g/mol. The zero-order valence-corrected chi connectivity index (χ0v) is 11.0. The number of aromatic nitrogens is 1. The first-order chi connectivity index (χ1) is 4.50. The molecular weight excluding hydrogens is 196 g/mol. The molecular formula is C8H8NRb. The van der Waals surface area contributed by atoms with Gasteiger partial charge in [0.25, 0.3) is 0 Å². The van der Waals surface area contributed by atoms with E-state index < -0.39 is 0 Å². The van der Waals surface area contributed by atoms with Gasteiger partial charge in [0.2, 0.25) is 0 Å². The molecule has 10 heavy (non-hydrogen) atoms. The summed E-state index contributed by atoms with van der Waals surface area (Å²) in [5.41, 5.74) is 0. The maximum atomic E-state index is 3.93. The van der Waals surface area contributed by atoms with E-state index in [2.05, 4.69) is 4.98 Å². The molecule has 1 rings (SSSR count). The van der Waals surface area contributed by atoms with E-state index in [0.29, 0.717) is 0 Å². The minimum Gasteiger partial charge on any atom is -0.670 e. The van der Waals surface area contributed by atoms with Crippen molar-refractivity contribution in [1.82, 2.24) is 4.98 Å². The minimum absolute atomic E-state index is 0. The van der Waals surface area contributed by atoms with Crippen LogP contribution in [-0.4, -0.2) is 0 Å². The molecule has 2 heteroatoms. The van der Waals surface area contributed by atoms with Crippen LogP contribution >= 0.6 is 0 Å². The van der Waals surface area contributed by atoms with E-state index in [1.54, 1.807) is 12.4 Å². The second-order valence-electron chi connectivity index (χ2n) is 1.60. The Balaban J connectivity index is 0.000000810. The topological polar surface area (TPSA) is 14.1 Å². The van der Waals surface area contributed by atoms with E-state index in [1.165, 1.54) is 0 Å². The maximum absolute atomic E-state index is 3.93. The van der Waals surface area contributed by atoms with E-state index in [4.69, 9.17) is 0 Å². The molecule has 0 unspecified atom stereocenters. The molecule has 0 atom stereocenters. The number of hydrogen-bond acceptors (Lipinski definition) is 0. The second-order valence-corrected chi connectivity index (χ2v) is 1.60. The first-order valence-corrected chi connectivity index (χ1v) is 2.85. The molecule has 1 nitrogen and oxygen atoms in total. The summed E-state index contributed by atoms with van der Waals surface area (Å²) in [5.74, 6) is 0. The van der Waals surface area contributed by atoms with Crippen molar-refractivity contribution in [3.05, 3.63) is 48.8 Å².